The lowest BCUT2D eigenvalue weighted by atomic mass is 10.3. The highest BCUT2D eigenvalue weighted by Gasteiger charge is 2.40. The van der Waals surface area contributed by atoms with Crippen molar-refractivity contribution in [3.05, 3.63) is 12.2 Å². The average Bonchev–Trinajstić information content (AvgIpc) is 2.28. The summed E-state index contributed by atoms with van der Waals surface area (Å²) in [6.07, 6.45) is 3.73. The highest BCUT2D eigenvalue weighted by atomic mass is 28.4. The molecule has 0 N–H and O–H groups in total. The predicted octanol–water partition coefficient (Wildman–Crippen LogP) is 2.57. The number of hydrogen-bond acceptors (Lipinski definition) is 4. The van der Waals surface area contributed by atoms with E-state index < -0.39 is 8.80 Å². The minimum atomic E-state index is -2.64. The number of rotatable bonds is 10. The molecule has 0 atom stereocenters. The lowest BCUT2D eigenvalue weighted by molar-refractivity contribution is -0.114. The summed E-state index contributed by atoms with van der Waals surface area (Å²) in [7, 11) is -2.64. The van der Waals surface area contributed by atoms with E-state index in [1.165, 1.54) is 0 Å². The molecule has 0 saturated carbocycles. The van der Waals surface area contributed by atoms with Gasteiger partial charge in [-0.15, -0.1) is 0 Å². The maximum absolute atomic E-state index is 11.5. The van der Waals surface area contributed by atoms with Crippen LogP contribution in [-0.2, 0) is 18.1 Å². The van der Waals surface area contributed by atoms with Gasteiger partial charge in [0.1, 0.15) is 0 Å². The lowest BCUT2D eigenvalue weighted by Crippen LogP contribution is -2.46. The fourth-order valence-corrected chi connectivity index (χ4v) is 4.10. The van der Waals surface area contributed by atoms with Crippen molar-refractivity contribution in [2.75, 3.05) is 19.8 Å². The molecule has 4 nitrogen and oxygen atoms in total. The van der Waals surface area contributed by atoms with Crippen LogP contribution in [0.3, 0.4) is 0 Å². The first-order valence-electron chi connectivity index (χ1n) is 6.21. The summed E-state index contributed by atoms with van der Waals surface area (Å²) in [6, 6.07) is 0.547. The van der Waals surface area contributed by atoms with Crippen LogP contribution in [0.1, 0.15) is 34.1 Å². The molecule has 5 heteroatoms. The van der Waals surface area contributed by atoms with Crippen molar-refractivity contribution in [3.8, 4) is 0 Å². The van der Waals surface area contributed by atoms with Gasteiger partial charge in [-0.1, -0.05) is 6.08 Å². The van der Waals surface area contributed by atoms with Gasteiger partial charge in [-0.2, -0.15) is 0 Å². The zero-order valence-electron chi connectivity index (χ0n) is 11.3. The second-order valence-electron chi connectivity index (χ2n) is 3.45. The number of allylic oxidation sites excluding steroid dienone is 2. The Morgan fingerprint density at radius 3 is 1.88 bits per heavy atom. The number of ketones is 1. The molecule has 0 spiro atoms. The van der Waals surface area contributed by atoms with E-state index in [-0.39, 0.29) is 5.78 Å². The molecule has 17 heavy (non-hydrogen) atoms. The molecule has 0 radical (unpaired) electrons. The van der Waals surface area contributed by atoms with Crippen molar-refractivity contribution < 1.29 is 18.1 Å². The molecule has 0 unspecified atom stereocenters. The molecular weight excluding hydrogens is 236 g/mol. The van der Waals surface area contributed by atoms with E-state index in [4.69, 9.17) is 13.3 Å². The molecular formula is C12H24O4Si. The summed E-state index contributed by atoms with van der Waals surface area (Å²) in [5.41, 5.74) is 0. The molecule has 0 saturated heterocycles. The van der Waals surface area contributed by atoms with Gasteiger partial charge < -0.3 is 13.3 Å². The summed E-state index contributed by atoms with van der Waals surface area (Å²) in [6.45, 7) is 9.20. The fraction of sp³-hybridized carbons (Fsp3) is 0.750. The molecule has 0 aliphatic carbocycles. The Balaban J connectivity index is 4.47. The van der Waals surface area contributed by atoms with Gasteiger partial charge in [0, 0.05) is 32.3 Å². The quantitative estimate of drug-likeness (QED) is 0.447. The van der Waals surface area contributed by atoms with E-state index in [0.29, 0.717) is 32.3 Å². The van der Waals surface area contributed by atoms with Crippen LogP contribution in [0.2, 0.25) is 6.04 Å². The Morgan fingerprint density at radius 1 is 1.06 bits per heavy atom. The Bertz CT molecular complexity index is 224. The first-order valence-corrected chi connectivity index (χ1v) is 8.14. The smallest absolute Gasteiger partial charge is 0.374 e. The van der Waals surface area contributed by atoms with Crippen LogP contribution in [-0.4, -0.2) is 34.4 Å². The van der Waals surface area contributed by atoms with E-state index in [1.807, 2.05) is 27.7 Å². The maximum Gasteiger partial charge on any atom is 0.501 e. The Labute approximate surface area is 105 Å². The summed E-state index contributed by atoms with van der Waals surface area (Å²) in [5.74, 6) is 0.0866. The van der Waals surface area contributed by atoms with Crippen LogP contribution in [0, 0.1) is 0 Å². The molecule has 0 heterocycles. The van der Waals surface area contributed by atoms with E-state index in [2.05, 4.69) is 0 Å². The van der Waals surface area contributed by atoms with Crippen LogP contribution < -0.4 is 0 Å². The van der Waals surface area contributed by atoms with Gasteiger partial charge in [-0.25, -0.2) is 0 Å². The molecule has 0 aliphatic rings. The van der Waals surface area contributed by atoms with Gasteiger partial charge in [-0.3, -0.25) is 4.79 Å². The fourth-order valence-electron chi connectivity index (χ4n) is 1.55. The lowest BCUT2D eigenvalue weighted by Gasteiger charge is -2.28. The molecule has 0 aliphatic heterocycles. The Hall–Kier alpha value is -0.493. The van der Waals surface area contributed by atoms with Crippen molar-refractivity contribution in [2.45, 2.75) is 40.2 Å². The first kappa shape index (κ1) is 16.5. The highest BCUT2D eigenvalue weighted by molar-refractivity contribution is 6.61. The number of carbonyl (C=O) groups is 1. The second kappa shape index (κ2) is 9.53. The van der Waals surface area contributed by atoms with Gasteiger partial charge in [0.25, 0.3) is 0 Å². The molecule has 0 aromatic heterocycles. The Morgan fingerprint density at radius 2 is 1.53 bits per heavy atom. The van der Waals surface area contributed by atoms with Crippen LogP contribution in [0.25, 0.3) is 0 Å². The third kappa shape index (κ3) is 6.73. The topological polar surface area (TPSA) is 44.8 Å². The van der Waals surface area contributed by atoms with Crippen molar-refractivity contribution in [2.24, 2.45) is 0 Å². The summed E-state index contributed by atoms with van der Waals surface area (Å²) in [4.78, 5) is 11.5. The van der Waals surface area contributed by atoms with E-state index in [9.17, 15) is 4.79 Å². The van der Waals surface area contributed by atoms with Gasteiger partial charge in [-0.05, 0) is 33.8 Å². The third-order valence-corrected chi connectivity index (χ3v) is 5.17. The molecule has 0 aromatic rings. The van der Waals surface area contributed by atoms with Gasteiger partial charge in [0.15, 0.2) is 5.78 Å². The largest absolute Gasteiger partial charge is 0.501 e. The van der Waals surface area contributed by atoms with E-state index in [0.717, 1.165) is 0 Å². The van der Waals surface area contributed by atoms with Crippen LogP contribution >= 0.6 is 0 Å². The van der Waals surface area contributed by atoms with Crippen LogP contribution in [0.4, 0.5) is 0 Å². The van der Waals surface area contributed by atoms with Crippen molar-refractivity contribution in [3.63, 3.8) is 0 Å². The van der Waals surface area contributed by atoms with Gasteiger partial charge in [0.2, 0.25) is 0 Å². The van der Waals surface area contributed by atoms with E-state index in [1.54, 1.807) is 12.2 Å². The number of carbonyl (C=O) groups excluding carboxylic acids is 1. The second-order valence-corrected chi connectivity index (χ2v) is 6.18. The molecule has 0 bridgehead atoms. The molecule has 0 aromatic carbocycles. The molecule has 0 amide bonds. The minimum Gasteiger partial charge on any atom is -0.374 e. The first-order chi connectivity index (χ1) is 8.14. The van der Waals surface area contributed by atoms with Crippen LogP contribution in [0.5, 0.6) is 0 Å². The van der Waals surface area contributed by atoms with Crippen molar-refractivity contribution >= 4 is 14.6 Å². The summed E-state index contributed by atoms with van der Waals surface area (Å²) < 4.78 is 17.0. The minimum absolute atomic E-state index is 0.0866. The number of hydrogen-bond donors (Lipinski definition) is 0. The third-order valence-electron chi connectivity index (χ3n) is 2.12. The van der Waals surface area contributed by atoms with Crippen molar-refractivity contribution in [1.82, 2.24) is 0 Å². The summed E-state index contributed by atoms with van der Waals surface area (Å²) >= 11 is 0. The van der Waals surface area contributed by atoms with Crippen molar-refractivity contribution in [1.29, 1.82) is 0 Å². The average molecular weight is 260 g/mol. The summed E-state index contributed by atoms with van der Waals surface area (Å²) in [5, 5.41) is 0. The molecule has 0 rings (SSSR count). The standard InChI is InChI=1S/C12H24O4Si/c1-5-9-12(13)10-11-17(14-6-2,15-7-3)16-8-4/h5,9H,6-8,10-11H2,1-4H3. The zero-order chi connectivity index (χ0) is 13.1. The Kier molecular flexibility index (Phi) is 9.25. The zero-order valence-corrected chi connectivity index (χ0v) is 12.3. The normalized spacial score (nSPS) is 12.2. The van der Waals surface area contributed by atoms with Gasteiger partial charge in [0.05, 0.1) is 0 Å². The molecule has 0 fully saturated rings. The van der Waals surface area contributed by atoms with E-state index >= 15 is 0 Å². The predicted molar refractivity (Wildman–Crippen MR) is 69.9 cm³/mol. The SMILES string of the molecule is CC=CC(=O)CC[Si](OCC)(OCC)OCC. The molecule has 100 valence electrons. The van der Waals surface area contributed by atoms with Gasteiger partial charge >= 0.3 is 8.80 Å². The monoisotopic (exact) mass is 260 g/mol. The van der Waals surface area contributed by atoms with Crippen LogP contribution in [0.15, 0.2) is 12.2 Å². The maximum atomic E-state index is 11.5. The highest BCUT2D eigenvalue weighted by Crippen LogP contribution is 2.18.